The first kappa shape index (κ1) is 13.5. The molecule has 1 heterocycles. The van der Waals surface area contributed by atoms with Crippen LogP contribution >= 0.6 is 15.9 Å². The molecule has 3 rings (SSSR count). The first-order chi connectivity index (χ1) is 9.65. The van der Waals surface area contributed by atoms with Crippen molar-refractivity contribution in [3.05, 3.63) is 27.4 Å². The molecule has 0 fully saturated rings. The maximum atomic E-state index is 5.89. The van der Waals surface area contributed by atoms with E-state index >= 15 is 0 Å². The summed E-state index contributed by atoms with van der Waals surface area (Å²) in [6, 6.07) is 0. The van der Waals surface area contributed by atoms with E-state index in [0.717, 1.165) is 34.2 Å². The van der Waals surface area contributed by atoms with Gasteiger partial charge in [-0.25, -0.2) is 0 Å². The lowest BCUT2D eigenvalue weighted by Gasteiger charge is -2.24. The summed E-state index contributed by atoms with van der Waals surface area (Å²) in [5, 5.41) is 3.79. The summed E-state index contributed by atoms with van der Waals surface area (Å²) < 4.78 is 11.7. The second-order valence-electron chi connectivity index (χ2n) is 5.12. The van der Waals surface area contributed by atoms with Crippen molar-refractivity contribution >= 4 is 21.8 Å². The number of fused-ring (bicyclic) bond motifs is 1. The van der Waals surface area contributed by atoms with Crippen molar-refractivity contribution in [2.75, 3.05) is 12.8 Å². The molecular formula is C15H17BrN2O2. The smallest absolute Gasteiger partial charge is 0.230 e. The molecule has 1 aliphatic rings. The average Bonchev–Trinajstić information content (AvgIpc) is 2.88. The SMILES string of the molecule is COc1c(Br)c2c(c(C)c1-c1cnoc1N)CCCC2. The Bertz CT molecular complexity index is 664. The van der Waals surface area contributed by atoms with E-state index in [9.17, 15) is 0 Å². The average molecular weight is 337 g/mol. The molecule has 1 aromatic heterocycles. The Hall–Kier alpha value is -1.49. The highest BCUT2D eigenvalue weighted by molar-refractivity contribution is 9.10. The number of nitrogen functional groups attached to an aromatic ring is 1. The van der Waals surface area contributed by atoms with Gasteiger partial charge in [0.25, 0.3) is 0 Å². The topological polar surface area (TPSA) is 61.3 Å². The van der Waals surface area contributed by atoms with Gasteiger partial charge in [-0.05, 0) is 65.2 Å². The number of ether oxygens (including phenoxy) is 1. The van der Waals surface area contributed by atoms with Crippen LogP contribution in [0.3, 0.4) is 0 Å². The lowest BCUT2D eigenvalue weighted by molar-refractivity contribution is 0.412. The molecule has 0 aliphatic heterocycles. The fourth-order valence-corrected chi connectivity index (χ4v) is 3.88. The summed E-state index contributed by atoms with van der Waals surface area (Å²) in [4.78, 5) is 0. The van der Waals surface area contributed by atoms with Crippen LogP contribution in [0.5, 0.6) is 5.75 Å². The van der Waals surface area contributed by atoms with Crippen LogP contribution in [0.1, 0.15) is 29.5 Å². The van der Waals surface area contributed by atoms with Crippen LogP contribution in [0.2, 0.25) is 0 Å². The predicted octanol–water partition coefficient (Wildman–Crippen LogP) is 3.88. The molecule has 0 amide bonds. The fraction of sp³-hybridized carbons (Fsp3) is 0.400. The van der Waals surface area contributed by atoms with Crippen LogP contribution in [0, 0.1) is 6.92 Å². The minimum Gasteiger partial charge on any atom is -0.495 e. The first-order valence-electron chi connectivity index (χ1n) is 6.73. The third-order valence-electron chi connectivity index (χ3n) is 4.06. The zero-order valence-electron chi connectivity index (χ0n) is 11.6. The Labute approximate surface area is 126 Å². The van der Waals surface area contributed by atoms with Crippen LogP contribution in [-0.2, 0) is 12.8 Å². The number of nitrogens with zero attached hydrogens (tertiary/aromatic N) is 1. The number of hydrogen-bond donors (Lipinski definition) is 1. The van der Waals surface area contributed by atoms with Gasteiger partial charge in [-0.1, -0.05) is 5.16 Å². The van der Waals surface area contributed by atoms with Crippen molar-refractivity contribution in [1.82, 2.24) is 5.16 Å². The van der Waals surface area contributed by atoms with Crippen molar-refractivity contribution in [1.29, 1.82) is 0 Å². The van der Waals surface area contributed by atoms with Gasteiger partial charge in [0.15, 0.2) is 0 Å². The van der Waals surface area contributed by atoms with E-state index in [1.54, 1.807) is 13.3 Å². The maximum absolute atomic E-state index is 5.89. The molecule has 1 aromatic carbocycles. The Morgan fingerprint density at radius 2 is 2.00 bits per heavy atom. The van der Waals surface area contributed by atoms with Gasteiger partial charge in [-0.3, -0.25) is 0 Å². The lowest BCUT2D eigenvalue weighted by Crippen LogP contribution is -2.09. The summed E-state index contributed by atoms with van der Waals surface area (Å²) in [6.45, 7) is 2.13. The maximum Gasteiger partial charge on any atom is 0.230 e. The van der Waals surface area contributed by atoms with E-state index in [1.807, 2.05) is 0 Å². The predicted molar refractivity (Wildman–Crippen MR) is 82.0 cm³/mol. The second kappa shape index (κ2) is 5.13. The number of anilines is 1. The Morgan fingerprint density at radius 3 is 2.60 bits per heavy atom. The summed E-state index contributed by atoms with van der Waals surface area (Å²) in [7, 11) is 1.68. The normalized spacial score (nSPS) is 14.2. The zero-order valence-corrected chi connectivity index (χ0v) is 13.2. The number of rotatable bonds is 2. The molecule has 106 valence electrons. The van der Waals surface area contributed by atoms with E-state index < -0.39 is 0 Å². The van der Waals surface area contributed by atoms with Gasteiger partial charge in [-0.15, -0.1) is 0 Å². The molecule has 2 aromatic rings. The van der Waals surface area contributed by atoms with E-state index in [4.69, 9.17) is 15.0 Å². The molecule has 0 spiro atoms. The highest BCUT2D eigenvalue weighted by Gasteiger charge is 2.25. The summed E-state index contributed by atoms with van der Waals surface area (Å²) in [5.74, 6) is 1.15. The van der Waals surface area contributed by atoms with E-state index in [2.05, 4.69) is 28.0 Å². The van der Waals surface area contributed by atoms with Crippen molar-refractivity contribution < 1.29 is 9.26 Å². The lowest BCUT2D eigenvalue weighted by atomic mass is 9.84. The molecule has 0 unspecified atom stereocenters. The van der Waals surface area contributed by atoms with Crippen LogP contribution in [0.25, 0.3) is 11.1 Å². The number of hydrogen-bond acceptors (Lipinski definition) is 4. The van der Waals surface area contributed by atoms with Crippen LogP contribution in [0.15, 0.2) is 15.2 Å². The zero-order chi connectivity index (χ0) is 14.3. The fourth-order valence-electron chi connectivity index (χ4n) is 3.08. The van der Waals surface area contributed by atoms with Gasteiger partial charge in [0.05, 0.1) is 23.3 Å². The number of nitrogens with two attached hydrogens (primary N) is 1. The molecule has 2 N–H and O–H groups in total. The van der Waals surface area contributed by atoms with Gasteiger partial charge in [0, 0.05) is 5.56 Å². The molecule has 0 saturated heterocycles. The third-order valence-corrected chi connectivity index (χ3v) is 4.90. The number of methoxy groups -OCH3 is 1. The van der Waals surface area contributed by atoms with Gasteiger partial charge in [0.1, 0.15) is 5.75 Å². The summed E-state index contributed by atoms with van der Waals surface area (Å²) in [5.41, 5.74) is 11.7. The minimum absolute atomic E-state index is 0.328. The van der Waals surface area contributed by atoms with Crippen molar-refractivity contribution in [2.45, 2.75) is 32.6 Å². The van der Waals surface area contributed by atoms with Gasteiger partial charge < -0.3 is 15.0 Å². The minimum atomic E-state index is 0.328. The standard InChI is InChI=1S/C15H17BrN2O2/c1-8-9-5-3-4-6-10(9)13(16)14(19-2)12(8)11-7-18-20-15(11)17/h7H,3-6,17H2,1-2H3. The van der Waals surface area contributed by atoms with E-state index in [1.165, 1.54) is 29.5 Å². The van der Waals surface area contributed by atoms with Crippen LogP contribution < -0.4 is 10.5 Å². The number of benzene rings is 1. The number of halogens is 1. The Kier molecular flexibility index (Phi) is 3.46. The monoisotopic (exact) mass is 336 g/mol. The number of aromatic nitrogens is 1. The second-order valence-corrected chi connectivity index (χ2v) is 5.91. The molecule has 1 aliphatic carbocycles. The molecule has 4 nitrogen and oxygen atoms in total. The Balaban J connectivity index is 2.34. The Morgan fingerprint density at radius 1 is 1.30 bits per heavy atom. The van der Waals surface area contributed by atoms with E-state index in [0.29, 0.717) is 5.88 Å². The van der Waals surface area contributed by atoms with Gasteiger partial charge >= 0.3 is 0 Å². The highest BCUT2D eigenvalue weighted by atomic mass is 79.9. The summed E-state index contributed by atoms with van der Waals surface area (Å²) in [6.07, 6.45) is 6.30. The largest absolute Gasteiger partial charge is 0.495 e. The molecule has 0 atom stereocenters. The van der Waals surface area contributed by atoms with Gasteiger partial charge in [0.2, 0.25) is 5.88 Å². The molecule has 0 radical (unpaired) electrons. The molecule has 0 bridgehead atoms. The molecule has 20 heavy (non-hydrogen) atoms. The van der Waals surface area contributed by atoms with Crippen LogP contribution in [0.4, 0.5) is 5.88 Å². The quantitative estimate of drug-likeness (QED) is 0.903. The van der Waals surface area contributed by atoms with Crippen molar-refractivity contribution in [2.24, 2.45) is 0 Å². The van der Waals surface area contributed by atoms with Crippen molar-refractivity contribution in [3.8, 4) is 16.9 Å². The van der Waals surface area contributed by atoms with Crippen molar-refractivity contribution in [3.63, 3.8) is 0 Å². The van der Waals surface area contributed by atoms with E-state index in [-0.39, 0.29) is 0 Å². The highest BCUT2D eigenvalue weighted by Crippen LogP contribution is 2.46. The summed E-state index contributed by atoms with van der Waals surface area (Å²) >= 11 is 3.71. The van der Waals surface area contributed by atoms with Crippen LogP contribution in [-0.4, -0.2) is 12.3 Å². The third kappa shape index (κ3) is 1.92. The molecular weight excluding hydrogens is 320 g/mol. The first-order valence-corrected chi connectivity index (χ1v) is 7.52. The van der Waals surface area contributed by atoms with Gasteiger partial charge in [-0.2, -0.15) is 0 Å². The molecule has 0 saturated carbocycles. The molecule has 5 heteroatoms.